The van der Waals surface area contributed by atoms with E-state index in [9.17, 15) is 14.4 Å². The molecular weight excluding hydrogens is 212 g/mol. The molecule has 0 aliphatic rings. The van der Waals surface area contributed by atoms with Crippen LogP contribution in [0.25, 0.3) is 0 Å². The zero-order chi connectivity index (χ0) is 11.8. The normalized spacial score (nSPS) is 9.50. The van der Waals surface area contributed by atoms with Gasteiger partial charge in [-0.05, 0) is 12.1 Å². The largest absolute Gasteiger partial charge is 0.388 e. The van der Waals surface area contributed by atoms with Gasteiger partial charge in [0.25, 0.3) is 0 Å². The van der Waals surface area contributed by atoms with Crippen molar-refractivity contribution < 1.29 is 23.9 Å². The first-order valence-corrected chi connectivity index (χ1v) is 4.55. The lowest BCUT2D eigenvalue weighted by atomic mass is 10.2. The van der Waals surface area contributed by atoms with Gasteiger partial charge in [0.2, 0.25) is 0 Å². The third-order valence-corrected chi connectivity index (χ3v) is 1.62. The Morgan fingerprint density at radius 2 is 1.88 bits per heavy atom. The van der Waals surface area contributed by atoms with Crippen molar-refractivity contribution in [2.45, 2.75) is 0 Å². The first-order chi connectivity index (χ1) is 7.74. The average Bonchev–Trinajstić information content (AvgIpc) is 2.30. The summed E-state index contributed by atoms with van der Waals surface area (Å²) in [7, 11) is 0. The molecule has 5 nitrogen and oxygen atoms in total. The van der Waals surface area contributed by atoms with Crippen LogP contribution in [0.3, 0.4) is 0 Å². The molecule has 0 amide bonds. The van der Waals surface area contributed by atoms with Gasteiger partial charge in [-0.2, -0.15) is 0 Å². The summed E-state index contributed by atoms with van der Waals surface area (Å²) in [4.78, 5) is 32.2. The lowest BCUT2D eigenvalue weighted by molar-refractivity contribution is -0.143. The predicted octanol–water partition coefficient (Wildman–Crippen LogP) is 0.585. The highest BCUT2D eigenvalue weighted by molar-refractivity contribution is 5.97. The fraction of sp³-hybridized carbons (Fsp3) is 0.182. The molecule has 0 N–H and O–H groups in total. The maximum absolute atomic E-state index is 11.3. The summed E-state index contributed by atoms with van der Waals surface area (Å²) in [5.74, 6) is -1.56. The number of aldehydes is 1. The Morgan fingerprint density at radius 3 is 2.50 bits per heavy atom. The van der Waals surface area contributed by atoms with E-state index in [-0.39, 0.29) is 12.2 Å². The monoisotopic (exact) mass is 222 g/mol. The van der Waals surface area contributed by atoms with E-state index in [4.69, 9.17) is 0 Å². The molecule has 0 aliphatic heterocycles. The Balaban J connectivity index is 2.40. The number of carbonyl (C=O) groups is 3. The van der Waals surface area contributed by atoms with Crippen molar-refractivity contribution in [1.82, 2.24) is 0 Å². The molecule has 5 heteroatoms. The van der Waals surface area contributed by atoms with Crippen LogP contribution < -0.4 is 0 Å². The molecule has 84 valence electrons. The number of esters is 2. The maximum Gasteiger partial charge on any atom is 0.345 e. The van der Waals surface area contributed by atoms with Crippen molar-refractivity contribution in [3.63, 3.8) is 0 Å². The lowest BCUT2D eigenvalue weighted by Crippen LogP contribution is -2.18. The fourth-order valence-electron chi connectivity index (χ4n) is 0.956. The van der Waals surface area contributed by atoms with E-state index < -0.39 is 18.5 Å². The van der Waals surface area contributed by atoms with Crippen LogP contribution in [0.15, 0.2) is 30.3 Å². The number of rotatable bonds is 5. The van der Waals surface area contributed by atoms with E-state index in [0.29, 0.717) is 6.29 Å². The Labute approximate surface area is 92.0 Å². The Bertz CT molecular complexity index is 371. The zero-order valence-corrected chi connectivity index (χ0v) is 8.42. The van der Waals surface area contributed by atoms with Crippen molar-refractivity contribution in [2.24, 2.45) is 0 Å². The van der Waals surface area contributed by atoms with Crippen molar-refractivity contribution in [3.8, 4) is 0 Å². The van der Waals surface area contributed by atoms with Gasteiger partial charge in [-0.25, -0.2) is 9.59 Å². The third-order valence-electron chi connectivity index (χ3n) is 1.62. The first kappa shape index (κ1) is 12.1. The minimum atomic E-state index is -0.823. The summed E-state index contributed by atoms with van der Waals surface area (Å²) in [6.45, 7) is -0.619. The summed E-state index contributed by atoms with van der Waals surface area (Å²) < 4.78 is 9.05. The van der Waals surface area contributed by atoms with E-state index in [1.807, 2.05) is 0 Å². The molecule has 1 rings (SSSR count). The number of benzene rings is 1. The second-order valence-corrected chi connectivity index (χ2v) is 2.81. The molecule has 0 bridgehead atoms. The van der Waals surface area contributed by atoms with Crippen LogP contribution in [0.2, 0.25) is 0 Å². The summed E-state index contributed by atoms with van der Waals surface area (Å²) in [5, 5.41) is 0. The van der Waals surface area contributed by atoms with Crippen molar-refractivity contribution in [1.29, 1.82) is 0 Å². The van der Waals surface area contributed by atoms with Gasteiger partial charge in [0.15, 0.2) is 0 Å². The molecule has 1 aromatic carbocycles. The summed E-state index contributed by atoms with van der Waals surface area (Å²) in [6.07, 6.45) is 0.506. The van der Waals surface area contributed by atoms with Crippen LogP contribution in [-0.2, 0) is 19.1 Å². The topological polar surface area (TPSA) is 69.7 Å². The van der Waals surface area contributed by atoms with E-state index in [1.165, 1.54) is 12.1 Å². The van der Waals surface area contributed by atoms with E-state index in [2.05, 4.69) is 9.47 Å². The average molecular weight is 222 g/mol. The number of ether oxygens (including phenoxy) is 2. The smallest absolute Gasteiger partial charge is 0.345 e. The fourth-order valence-corrected chi connectivity index (χ4v) is 0.956. The molecule has 0 heterocycles. The molecular formula is C11H10O5. The highest BCUT2D eigenvalue weighted by atomic mass is 16.6. The standard InChI is InChI=1S/C11H10O5/c12-6-7-15-8-10(13)16-11(14)9-4-2-1-3-5-9/h1-6H,7-8H2. The van der Waals surface area contributed by atoms with Gasteiger partial charge in [0, 0.05) is 0 Å². The van der Waals surface area contributed by atoms with Gasteiger partial charge in [0.1, 0.15) is 19.5 Å². The molecule has 0 aromatic heterocycles. The van der Waals surface area contributed by atoms with Crippen LogP contribution in [0.5, 0.6) is 0 Å². The molecule has 16 heavy (non-hydrogen) atoms. The van der Waals surface area contributed by atoms with Gasteiger partial charge in [-0.15, -0.1) is 0 Å². The second kappa shape index (κ2) is 6.47. The van der Waals surface area contributed by atoms with Gasteiger partial charge < -0.3 is 14.3 Å². The Hall–Kier alpha value is -2.01. The van der Waals surface area contributed by atoms with Crippen LogP contribution in [-0.4, -0.2) is 31.4 Å². The lowest BCUT2D eigenvalue weighted by Gasteiger charge is -2.02. The van der Waals surface area contributed by atoms with Crippen LogP contribution in [0, 0.1) is 0 Å². The van der Waals surface area contributed by atoms with Gasteiger partial charge in [-0.3, -0.25) is 0 Å². The van der Waals surface area contributed by atoms with Crippen molar-refractivity contribution in [2.75, 3.05) is 13.2 Å². The third kappa shape index (κ3) is 4.02. The number of hydrogen-bond acceptors (Lipinski definition) is 5. The van der Waals surface area contributed by atoms with Crippen LogP contribution in [0.4, 0.5) is 0 Å². The van der Waals surface area contributed by atoms with E-state index in [0.717, 1.165) is 0 Å². The van der Waals surface area contributed by atoms with Crippen LogP contribution >= 0.6 is 0 Å². The molecule has 0 atom stereocenters. The molecule has 0 saturated heterocycles. The zero-order valence-electron chi connectivity index (χ0n) is 8.42. The second-order valence-electron chi connectivity index (χ2n) is 2.81. The maximum atomic E-state index is 11.3. The summed E-state index contributed by atoms with van der Waals surface area (Å²) in [6, 6.07) is 8.11. The van der Waals surface area contributed by atoms with Gasteiger partial charge in [0.05, 0.1) is 5.56 Å². The summed E-state index contributed by atoms with van der Waals surface area (Å²) in [5.41, 5.74) is 0.284. The summed E-state index contributed by atoms with van der Waals surface area (Å²) >= 11 is 0. The highest BCUT2D eigenvalue weighted by Gasteiger charge is 2.12. The first-order valence-electron chi connectivity index (χ1n) is 4.55. The molecule has 0 saturated carbocycles. The molecule has 0 spiro atoms. The SMILES string of the molecule is O=CCOCC(=O)OC(=O)c1ccccc1. The van der Waals surface area contributed by atoms with Crippen LogP contribution in [0.1, 0.15) is 10.4 Å². The van der Waals surface area contributed by atoms with Crippen molar-refractivity contribution >= 4 is 18.2 Å². The molecule has 0 unspecified atom stereocenters. The molecule has 0 radical (unpaired) electrons. The Morgan fingerprint density at radius 1 is 1.19 bits per heavy atom. The Kier molecular flexibility index (Phi) is 4.88. The van der Waals surface area contributed by atoms with E-state index in [1.54, 1.807) is 18.2 Å². The quantitative estimate of drug-likeness (QED) is 0.315. The van der Waals surface area contributed by atoms with Crippen molar-refractivity contribution in [3.05, 3.63) is 35.9 Å². The van der Waals surface area contributed by atoms with Gasteiger partial charge in [-0.1, -0.05) is 18.2 Å². The minimum Gasteiger partial charge on any atom is -0.388 e. The molecule has 0 aliphatic carbocycles. The highest BCUT2D eigenvalue weighted by Crippen LogP contribution is 2.01. The molecule has 0 fully saturated rings. The predicted molar refractivity (Wildman–Crippen MR) is 53.7 cm³/mol. The minimum absolute atomic E-state index is 0.200. The van der Waals surface area contributed by atoms with E-state index >= 15 is 0 Å². The number of carbonyl (C=O) groups excluding carboxylic acids is 3. The number of hydrogen-bond donors (Lipinski definition) is 0. The van der Waals surface area contributed by atoms with Gasteiger partial charge >= 0.3 is 11.9 Å². The molecule has 1 aromatic rings.